The highest BCUT2D eigenvalue weighted by Gasteiger charge is 2.16. The van der Waals surface area contributed by atoms with Crippen molar-refractivity contribution in [3.05, 3.63) is 12.2 Å². The summed E-state index contributed by atoms with van der Waals surface area (Å²) >= 11 is 0. The minimum Gasteiger partial charge on any atom is -0.343 e. The van der Waals surface area contributed by atoms with Crippen molar-refractivity contribution in [3.8, 4) is 0 Å². The van der Waals surface area contributed by atoms with Gasteiger partial charge in [0.1, 0.15) is 0 Å². The normalized spacial score (nSPS) is 25.2. The Hall–Kier alpha value is -0.900. The largest absolute Gasteiger partial charge is 0.343 e. The lowest BCUT2D eigenvalue weighted by atomic mass is 10.1. The summed E-state index contributed by atoms with van der Waals surface area (Å²) in [6, 6.07) is 0.311. The van der Waals surface area contributed by atoms with E-state index in [-0.39, 0.29) is 0 Å². The summed E-state index contributed by atoms with van der Waals surface area (Å²) in [5, 5.41) is 7.23. The molecule has 0 aromatic carbocycles. The molecule has 1 fully saturated rings. The minimum absolute atomic E-state index is 0.311. The smallest absolute Gasteiger partial charge is 0.213 e. The molecule has 0 radical (unpaired) electrons. The number of hydrogen-bond acceptors (Lipinski definition) is 4. The molecule has 0 aliphatic carbocycles. The van der Waals surface area contributed by atoms with Crippen molar-refractivity contribution in [2.24, 2.45) is 0 Å². The van der Waals surface area contributed by atoms with Crippen molar-refractivity contribution < 1.29 is 4.52 Å². The topological polar surface area (TPSA) is 51.0 Å². The molecule has 2 heterocycles. The lowest BCUT2D eigenvalue weighted by molar-refractivity contribution is 0.393. The lowest BCUT2D eigenvalue weighted by Gasteiger charge is -2.09. The molecule has 4 nitrogen and oxygen atoms in total. The van der Waals surface area contributed by atoms with Gasteiger partial charge in [0.15, 0.2) is 5.82 Å². The number of rotatable bonds is 1. The molecule has 0 amide bonds. The van der Waals surface area contributed by atoms with E-state index in [0.717, 1.165) is 18.8 Å². The molecule has 1 N–H and O–H groups in total. The van der Waals surface area contributed by atoms with Crippen LogP contribution in [0, 0.1) is 0 Å². The Morgan fingerprint density at radius 1 is 1.42 bits per heavy atom. The highest BCUT2D eigenvalue weighted by molar-refractivity contribution is 4.90. The summed E-state index contributed by atoms with van der Waals surface area (Å²) in [6.45, 7) is 1.07. The van der Waals surface area contributed by atoms with Crippen molar-refractivity contribution >= 4 is 0 Å². The molecule has 0 spiro atoms. The number of hydrogen-bond donors (Lipinski definition) is 1. The summed E-state index contributed by atoms with van der Waals surface area (Å²) in [5.74, 6) is 0.803. The standard InChI is InChI=1S/C8H13N3O/c1-2-4-7(9-5-3-1)8-10-6-12-11-8/h6-7,9H,1-5H2. The van der Waals surface area contributed by atoms with E-state index in [9.17, 15) is 0 Å². The van der Waals surface area contributed by atoms with Gasteiger partial charge in [-0.3, -0.25) is 0 Å². The first-order chi connectivity index (χ1) is 5.97. The van der Waals surface area contributed by atoms with E-state index in [1.54, 1.807) is 0 Å². The molecule has 12 heavy (non-hydrogen) atoms. The van der Waals surface area contributed by atoms with Gasteiger partial charge < -0.3 is 9.84 Å². The molecular formula is C8H13N3O. The first-order valence-electron chi connectivity index (χ1n) is 4.46. The van der Waals surface area contributed by atoms with Crippen LogP contribution in [0.25, 0.3) is 0 Å². The van der Waals surface area contributed by atoms with E-state index in [1.807, 2.05) is 0 Å². The number of nitrogens with zero attached hydrogens (tertiary/aromatic N) is 2. The number of nitrogens with one attached hydrogen (secondary N) is 1. The molecule has 0 bridgehead atoms. The van der Waals surface area contributed by atoms with E-state index in [2.05, 4.69) is 15.5 Å². The Bertz CT molecular complexity index is 214. The number of aromatic nitrogens is 2. The lowest BCUT2D eigenvalue weighted by Crippen LogP contribution is -2.21. The van der Waals surface area contributed by atoms with E-state index in [1.165, 1.54) is 25.7 Å². The second-order valence-electron chi connectivity index (χ2n) is 3.15. The molecule has 1 aliphatic heterocycles. The average molecular weight is 167 g/mol. The highest BCUT2D eigenvalue weighted by Crippen LogP contribution is 2.18. The fourth-order valence-electron chi connectivity index (χ4n) is 1.58. The third-order valence-corrected chi connectivity index (χ3v) is 2.25. The molecular weight excluding hydrogens is 154 g/mol. The fraction of sp³-hybridized carbons (Fsp3) is 0.750. The van der Waals surface area contributed by atoms with Crippen molar-refractivity contribution in [2.45, 2.75) is 31.7 Å². The first kappa shape index (κ1) is 7.73. The highest BCUT2D eigenvalue weighted by atomic mass is 16.5. The van der Waals surface area contributed by atoms with Crippen LogP contribution in [0.3, 0.4) is 0 Å². The van der Waals surface area contributed by atoms with Gasteiger partial charge in [0.05, 0.1) is 6.04 Å². The molecule has 66 valence electrons. The maximum atomic E-state index is 4.71. The SMILES string of the molecule is c1nc(C2CCCCCN2)no1. The molecule has 0 saturated carbocycles. The van der Waals surface area contributed by atoms with Crippen LogP contribution in [0.1, 0.15) is 37.5 Å². The zero-order valence-corrected chi connectivity index (χ0v) is 6.99. The fourth-order valence-corrected chi connectivity index (χ4v) is 1.58. The predicted molar refractivity (Wildman–Crippen MR) is 43.5 cm³/mol. The van der Waals surface area contributed by atoms with Gasteiger partial charge in [-0.25, -0.2) is 0 Å². The van der Waals surface area contributed by atoms with E-state index < -0.39 is 0 Å². The molecule has 1 saturated heterocycles. The molecule has 4 heteroatoms. The monoisotopic (exact) mass is 167 g/mol. The Labute approximate surface area is 71.4 Å². The van der Waals surface area contributed by atoms with Crippen LogP contribution in [-0.4, -0.2) is 16.7 Å². The Balaban J connectivity index is 2.02. The Kier molecular flexibility index (Phi) is 2.36. The second kappa shape index (κ2) is 3.67. The first-order valence-corrected chi connectivity index (χ1v) is 4.46. The van der Waals surface area contributed by atoms with E-state index in [4.69, 9.17) is 4.52 Å². The molecule has 1 atom stereocenters. The maximum absolute atomic E-state index is 4.71. The quantitative estimate of drug-likeness (QED) is 0.684. The van der Waals surface area contributed by atoms with Gasteiger partial charge in [0, 0.05) is 0 Å². The van der Waals surface area contributed by atoms with Crippen LogP contribution in [0.5, 0.6) is 0 Å². The van der Waals surface area contributed by atoms with Gasteiger partial charge >= 0.3 is 0 Å². The Morgan fingerprint density at radius 2 is 2.42 bits per heavy atom. The minimum atomic E-state index is 0.311. The summed E-state index contributed by atoms with van der Waals surface area (Å²) < 4.78 is 4.71. The average Bonchev–Trinajstić information content (AvgIpc) is 2.48. The third kappa shape index (κ3) is 1.64. The van der Waals surface area contributed by atoms with Crippen LogP contribution in [0.15, 0.2) is 10.9 Å². The van der Waals surface area contributed by atoms with Crippen molar-refractivity contribution in [2.75, 3.05) is 6.54 Å². The van der Waals surface area contributed by atoms with Gasteiger partial charge in [-0.1, -0.05) is 18.0 Å². The maximum Gasteiger partial charge on any atom is 0.213 e. The second-order valence-corrected chi connectivity index (χ2v) is 3.15. The third-order valence-electron chi connectivity index (χ3n) is 2.25. The zero-order valence-electron chi connectivity index (χ0n) is 6.99. The van der Waals surface area contributed by atoms with Gasteiger partial charge in [0.2, 0.25) is 6.39 Å². The summed E-state index contributed by atoms with van der Waals surface area (Å²) in [6.07, 6.45) is 6.34. The summed E-state index contributed by atoms with van der Waals surface area (Å²) in [5.41, 5.74) is 0. The molecule has 1 aliphatic rings. The van der Waals surface area contributed by atoms with Gasteiger partial charge in [-0.15, -0.1) is 0 Å². The van der Waals surface area contributed by atoms with Crippen molar-refractivity contribution in [1.29, 1.82) is 0 Å². The Morgan fingerprint density at radius 3 is 3.25 bits per heavy atom. The van der Waals surface area contributed by atoms with Gasteiger partial charge in [-0.05, 0) is 19.4 Å². The van der Waals surface area contributed by atoms with Crippen LogP contribution in [0.2, 0.25) is 0 Å². The van der Waals surface area contributed by atoms with Crippen LogP contribution in [0.4, 0.5) is 0 Å². The van der Waals surface area contributed by atoms with Crippen LogP contribution < -0.4 is 5.32 Å². The van der Waals surface area contributed by atoms with Gasteiger partial charge in [0.25, 0.3) is 0 Å². The molecule has 1 unspecified atom stereocenters. The predicted octanol–water partition coefficient (Wildman–Crippen LogP) is 1.27. The molecule has 1 aromatic rings. The van der Waals surface area contributed by atoms with Crippen LogP contribution >= 0.6 is 0 Å². The molecule has 1 aromatic heterocycles. The summed E-state index contributed by atoms with van der Waals surface area (Å²) in [7, 11) is 0. The van der Waals surface area contributed by atoms with Gasteiger partial charge in [-0.2, -0.15) is 4.98 Å². The van der Waals surface area contributed by atoms with Crippen molar-refractivity contribution in [1.82, 2.24) is 15.5 Å². The zero-order chi connectivity index (χ0) is 8.23. The summed E-state index contributed by atoms with van der Waals surface area (Å²) in [4.78, 5) is 4.04. The van der Waals surface area contributed by atoms with Crippen molar-refractivity contribution in [3.63, 3.8) is 0 Å². The van der Waals surface area contributed by atoms with E-state index >= 15 is 0 Å². The molecule has 2 rings (SSSR count). The van der Waals surface area contributed by atoms with Crippen LogP contribution in [-0.2, 0) is 0 Å². The van der Waals surface area contributed by atoms with E-state index in [0.29, 0.717) is 6.04 Å².